The van der Waals surface area contributed by atoms with Crippen molar-refractivity contribution >= 4 is 6.09 Å². The van der Waals surface area contributed by atoms with Crippen LogP contribution in [0.1, 0.15) is 52.5 Å². The van der Waals surface area contributed by atoms with Crippen molar-refractivity contribution in [3.05, 3.63) is 35.9 Å². The van der Waals surface area contributed by atoms with Crippen molar-refractivity contribution in [1.82, 2.24) is 9.80 Å². The molecule has 0 spiro atoms. The molecule has 2 atom stereocenters. The first-order valence-electron chi connectivity index (χ1n) is 9.68. The van der Waals surface area contributed by atoms with Crippen molar-refractivity contribution in [1.29, 1.82) is 0 Å². The van der Waals surface area contributed by atoms with Crippen LogP contribution in [0.15, 0.2) is 30.3 Å². The summed E-state index contributed by atoms with van der Waals surface area (Å²) in [4.78, 5) is 16.3. The molecule has 2 unspecified atom stereocenters. The van der Waals surface area contributed by atoms with Crippen molar-refractivity contribution < 1.29 is 14.6 Å². The molecule has 1 aromatic carbocycles. The summed E-state index contributed by atoms with van der Waals surface area (Å²) in [6.07, 6.45) is 2.90. The number of β-amino-alcohol motifs (C(OH)–C–C–N with tert-alkyl or cyclic N) is 1. The van der Waals surface area contributed by atoms with E-state index >= 15 is 0 Å². The molecule has 0 aliphatic carbocycles. The van der Waals surface area contributed by atoms with Gasteiger partial charge in [0.25, 0.3) is 0 Å². The number of rotatable bonds is 3. The van der Waals surface area contributed by atoms with Gasteiger partial charge < -0.3 is 14.7 Å². The normalized spacial score (nSPS) is 26.3. The number of hydrogen-bond donors (Lipinski definition) is 1. The minimum Gasteiger partial charge on any atom is -0.444 e. The third kappa shape index (κ3) is 4.21. The van der Waals surface area contributed by atoms with Gasteiger partial charge in [0, 0.05) is 18.6 Å². The Balaban J connectivity index is 1.67. The molecule has 26 heavy (non-hydrogen) atoms. The summed E-state index contributed by atoms with van der Waals surface area (Å²) < 4.78 is 5.43. The Morgan fingerprint density at radius 1 is 1.23 bits per heavy atom. The highest BCUT2D eigenvalue weighted by Crippen LogP contribution is 2.37. The number of nitrogens with zero attached hydrogens (tertiary/aromatic N) is 2. The summed E-state index contributed by atoms with van der Waals surface area (Å²) in [7, 11) is 0. The van der Waals surface area contributed by atoms with Crippen molar-refractivity contribution in [2.24, 2.45) is 0 Å². The summed E-state index contributed by atoms with van der Waals surface area (Å²) in [5, 5.41) is 11.2. The van der Waals surface area contributed by atoms with Gasteiger partial charge in [0.15, 0.2) is 0 Å². The van der Waals surface area contributed by atoms with Gasteiger partial charge in [-0.15, -0.1) is 0 Å². The van der Waals surface area contributed by atoms with Gasteiger partial charge in [-0.25, -0.2) is 4.79 Å². The van der Waals surface area contributed by atoms with Crippen LogP contribution in [0, 0.1) is 0 Å². The zero-order valence-electron chi connectivity index (χ0n) is 16.4. The number of ether oxygens (including phenoxy) is 1. The van der Waals surface area contributed by atoms with Crippen molar-refractivity contribution in [3.8, 4) is 0 Å². The van der Waals surface area contributed by atoms with Gasteiger partial charge in [0.2, 0.25) is 0 Å². The van der Waals surface area contributed by atoms with Gasteiger partial charge in [-0.3, -0.25) is 4.90 Å². The Morgan fingerprint density at radius 2 is 1.88 bits per heavy atom. The van der Waals surface area contributed by atoms with Crippen molar-refractivity contribution in [2.75, 3.05) is 13.1 Å². The number of benzene rings is 1. The van der Waals surface area contributed by atoms with E-state index in [1.54, 1.807) is 4.90 Å². The third-order valence-corrected chi connectivity index (χ3v) is 5.48. The maximum absolute atomic E-state index is 12.2. The Morgan fingerprint density at radius 3 is 2.50 bits per heavy atom. The van der Waals surface area contributed by atoms with Gasteiger partial charge in [-0.05, 0) is 46.1 Å². The maximum Gasteiger partial charge on any atom is 0.410 e. The molecular weight excluding hydrogens is 328 g/mol. The average molecular weight is 360 g/mol. The second kappa shape index (κ2) is 7.20. The topological polar surface area (TPSA) is 53.0 Å². The third-order valence-electron chi connectivity index (χ3n) is 5.48. The number of hydrogen-bond acceptors (Lipinski definition) is 4. The zero-order chi connectivity index (χ0) is 18.9. The van der Waals surface area contributed by atoms with Crippen LogP contribution < -0.4 is 0 Å². The molecule has 3 rings (SSSR count). The standard InChI is InChI=1S/C21H32N2O3/c1-16-9-8-12-18(23(16)13-17-10-6-5-7-11-17)21(25)14-22(15-21)19(24)26-20(2,3)4/h5-7,10-11,16,18,25H,8-9,12-15H2,1-4H3. The van der Waals surface area contributed by atoms with Crippen LogP contribution in [0.4, 0.5) is 4.79 Å². The van der Waals surface area contributed by atoms with E-state index in [4.69, 9.17) is 4.74 Å². The lowest BCUT2D eigenvalue weighted by Crippen LogP contribution is -2.73. The van der Waals surface area contributed by atoms with Crippen molar-refractivity contribution in [3.63, 3.8) is 0 Å². The minimum atomic E-state index is -0.847. The Bertz CT molecular complexity index is 620. The van der Waals surface area contributed by atoms with Gasteiger partial charge in [-0.1, -0.05) is 36.8 Å². The highest BCUT2D eigenvalue weighted by Gasteiger charge is 2.53. The lowest BCUT2D eigenvalue weighted by Gasteiger charge is -2.55. The molecule has 2 fully saturated rings. The summed E-state index contributed by atoms with van der Waals surface area (Å²) in [6, 6.07) is 10.9. The first-order chi connectivity index (χ1) is 12.2. The highest BCUT2D eigenvalue weighted by atomic mass is 16.6. The second-order valence-corrected chi connectivity index (χ2v) is 8.89. The summed E-state index contributed by atoms with van der Waals surface area (Å²) in [5.41, 5.74) is -0.0951. The van der Waals surface area contributed by atoms with Crippen LogP contribution >= 0.6 is 0 Å². The first kappa shape index (κ1) is 19.2. The number of aliphatic hydroxyl groups is 1. The molecule has 0 radical (unpaired) electrons. The lowest BCUT2D eigenvalue weighted by molar-refractivity contribution is -0.158. The van der Waals surface area contributed by atoms with Crippen LogP contribution in [0.2, 0.25) is 0 Å². The molecule has 144 valence electrons. The number of piperidine rings is 1. The summed E-state index contributed by atoms with van der Waals surface area (Å²) in [5.74, 6) is 0. The largest absolute Gasteiger partial charge is 0.444 e. The smallest absolute Gasteiger partial charge is 0.410 e. The van der Waals surface area contributed by atoms with E-state index in [1.165, 1.54) is 5.56 Å². The van der Waals surface area contributed by atoms with E-state index < -0.39 is 11.2 Å². The highest BCUT2D eigenvalue weighted by molar-refractivity contribution is 5.69. The predicted octanol–water partition coefficient (Wildman–Crippen LogP) is 3.41. The van der Waals surface area contributed by atoms with E-state index in [0.717, 1.165) is 25.8 Å². The summed E-state index contributed by atoms with van der Waals surface area (Å²) in [6.45, 7) is 9.36. The van der Waals surface area contributed by atoms with Crippen LogP contribution in [0.3, 0.4) is 0 Å². The molecule has 5 nitrogen and oxygen atoms in total. The van der Waals surface area contributed by atoms with E-state index in [9.17, 15) is 9.90 Å². The molecule has 1 N–H and O–H groups in total. The minimum absolute atomic E-state index is 0.0742. The molecule has 5 heteroatoms. The molecule has 0 saturated carbocycles. The number of carbonyl (C=O) groups is 1. The summed E-state index contributed by atoms with van der Waals surface area (Å²) >= 11 is 0. The first-order valence-corrected chi connectivity index (χ1v) is 9.68. The van der Waals surface area contributed by atoms with Crippen molar-refractivity contribution in [2.45, 2.75) is 76.8 Å². The van der Waals surface area contributed by atoms with E-state index in [-0.39, 0.29) is 12.1 Å². The fraction of sp³-hybridized carbons (Fsp3) is 0.667. The number of carbonyl (C=O) groups excluding carboxylic acids is 1. The van der Waals surface area contributed by atoms with E-state index in [2.05, 4.69) is 36.1 Å². The van der Waals surface area contributed by atoms with Gasteiger partial charge in [-0.2, -0.15) is 0 Å². The Hall–Kier alpha value is -1.59. The Labute approximate surface area is 156 Å². The molecule has 2 saturated heterocycles. The van der Waals surface area contributed by atoms with Gasteiger partial charge in [0.05, 0.1) is 13.1 Å². The number of likely N-dealkylation sites (tertiary alicyclic amines) is 2. The fourth-order valence-corrected chi connectivity index (χ4v) is 4.16. The monoisotopic (exact) mass is 360 g/mol. The van der Waals surface area contributed by atoms with Gasteiger partial charge in [0.1, 0.15) is 11.2 Å². The molecule has 1 aromatic rings. The van der Waals surface area contributed by atoms with E-state index in [0.29, 0.717) is 19.1 Å². The SMILES string of the molecule is CC1CCCC(C2(O)CN(C(=O)OC(C)(C)C)C2)N1Cc1ccccc1. The molecule has 2 aliphatic rings. The number of amides is 1. The molecule has 1 amide bonds. The lowest BCUT2D eigenvalue weighted by atomic mass is 9.79. The molecule has 0 aromatic heterocycles. The average Bonchev–Trinajstić information content (AvgIpc) is 2.53. The Kier molecular flexibility index (Phi) is 5.31. The van der Waals surface area contributed by atoms with Crippen LogP contribution in [-0.4, -0.2) is 57.4 Å². The maximum atomic E-state index is 12.2. The quantitative estimate of drug-likeness (QED) is 0.897. The predicted molar refractivity (Wildman–Crippen MR) is 102 cm³/mol. The fourth-order valence-electron chi connectivity index (χ4n) is 4.16. The molecule has 2 aliphatic heterocycles. The molecule has 0 bridgehead atoms. The second-order valence-electron chi connectivity index (χ2n) is 8.89. The van der Waals surface area contributed by atoms with Gasteiger partial charge >= 0.3 is 6.09 Å². The van der Waals surface area contributed by atoms with Crippen LogP contribution in [-0.2, 0) is 11.3 Å². The van der Waals surface area contributed by atoms with E-state index in [1.807, 2.05) is 26.8 Å². The van der Waals surface area contributed by atoms with Crippen LogP contribution in [0.25, 0.3) is 0 Å². The molecular formula is C21H32N2O3. The molecule has 2 heterocycles. The van der Waals surface area contributed by atoms with Crippen LogP contribution in [0.5, 0.6) is 0 Å². The zero-order valence-corrected chi connectivity index (χ0v) is 16.4.